The summed E-state index contributed by atoms with van der Waals surface area (Å²) in [5.41, 5.74) is -1.51. The maximum Gasteiger partial charge on any atom is 0.337 e. The number of hydrogen-bond acceptors (Lipinski definition) is 4. The number of hydrogen-bond donors (Lipinski definition) is 2. The molecule has 0 amide bonds. The van der Waals surface area contributed by atoms with Gasteiger partial charge < -0.3 is 9.84 Å². The van der Waals surface area contributed by atoms with Crippen LogP contribution in [0.25, 0.3) is 0 Å². The zero-order chi connectivity index (χ0) is 9.90. The molecule has 1 fully saturated rings. The van der Waals surface area contributed by atoms with E-state index in [1.165, 1.54) is 7.11 Å². The van der Waals surface area contributed by atoms with Gasteiger partial charge in [0.05, 0.1) is 7.11 Å². The third-order valence-corrected chi connectivity index (χ3v) is 2.30. The summed E-state index contributed by atoms with van der Waals surface area (Å²) in [4.78, 5) is 22.2. The molecule has 0 radical (unpaired) electrons. The quantitative estimate of drug-likeness (QED) is 0.461. The molecule has 0 aliphatic carbocycles. The Hall–Kier alpha value is -1.10. The molecule has 5 nitrogen and oxygen atoms in total. The highest BCUT2D eigenvalue weighted by Crippen LogP contribution is 2.20. The zero-order valence-corrected chi connectivity index (χ0v) is 7.50. The van der Waals surface area contributed by atoms with Crippen LogP contribution in [0, 0.1) is 0 Å². The molecule has 0 aromatic carbocycles. The summed E-state index contributed by atoms with van der Waals surface area (Å²) in [5.74, 6) is -1.86. The summed E-state index contributed by atoms with van der Waals surface area (Å²) in [7, 11) is 1.20. The van der Waals surface area contributed by atoms with Gasteiger partial charge in [0.25, 0.3) is 0 Å². The van der Waals surface area contributed by atoms with Crippen molar-refractivity contribution in [2.75, 3.05) is 13.7 Å². The van der Waals surface area contributed by atoms with Gasteiger partial charge in [0.15, 0.2) is 0 Å². The number of ether oxygens (including phenoxy) is 1. The molecule has 74 valence electrons. The minimum absolute atomic E-state index is 0.301. The second-order valence-corrected chi connectivity index (χ2v) is 3.09. The first-order valence-electron chi connectivity index (χ1n) is 4.20. The Bertz CT molecular complexity index is 220. The van der Waals surface area contributed by atoms with Crippen molar-refractivity contribution < 1.29 is 19.4 Å². The number of nitrogens with one attached hydrogen (secondary N) is 1. The number of carboxylic acids is 1. The van der Waals surface area contributed by atoms with E-state index in [0.29, 0.717) is 13.0 Å². The molecular formula is C8H13NO4. The predicted octanol–water partition coefficient (Wildman–Crippen LogP) is -0.244. The van der Waals surface area contributed by atoms with Gasteiger partial charge in [0, 0.05) is 0 Å². The normalized spacial score (nSPS) is 28.1. The number of methoxy groups -OCH3 is 1. The number of carbonyl (C=O) groups excluding carboxylic acids is 1. The van der Waals surface area contributed by atoms with E-state index in [2.05, 4.69) is 10.1 Å². The van der Waals surface area contributed by atoms with Crippen molar-refractivity contribution in [2.24, 2.45) is 0 Å². The lowest BCUT2D eigenvalue weighted by Crippen LogP contribution is -2.60. The lowest BCUT2D eigenvalue weighted by Gasteiger charge is -2.31. The standard InChI is InChI=1S/C8H13NO4/c1-13-7(12)8(6(10)11)4-2-3-5-9-8/h9H,2-5H2,1H3,(H,10,11). The fourth-order valence-electron chi connectivity index (χ4n) is 1.52. The Morgan fingerprint density at radius 2 is 2.15 bits per heavy atom. The van der Waals surface area contributed by atoms with Gasteiger partial charge in [0.2, 0.25) is 5.54 Å². The molecule has 5 heteroatoms. The van der Waals surface area contributed by atoms with E-state index in [1.807, 2.05) is 0 Å². The van der Waals surface area contributed by atoms with Crippen molar-refractivity contribution in [3.8, 4) is 0 Å². The number of piperidine rings is 1. The lowest BCUT2D eigenvalue weighted by atomic mass is 9.89. The molecule has 1 rings (SSSR count). The van der Waals surface area contributed by atoms with Crippen LogP contribution in [-0.4, -0.2) is 36.2 Å². The molecule has 0 spiro atoms. The van der Waals surface area contributed by atoms with Gasteiger partial charge in [-0.1, -0.05) is 0 Å². The SMILES string of the molecule is COC(=O)C1(C(=O)O)CCCCN1. The van der Waals surface area contributed by atoms with Crippen LogP contribution in [0.3, 0.4) is 0 Å². The Labute approximate surface area is 76.1 Å². The Morgan fingerprint density at radius 1 is 1.46 bits per heavy atom. The Kier molecular flexibility index (Phi) is 2.87. The molecule has 1 aliphatic heterocycles. The summed E-state index contributed by atoms with van der Waals surface area (Å²) in [6.45, 7) is 0.543. The molecule has 0 bridgehead atoms. The van der Waals surface area contributed by atoms with Crippen LogP contribution in [-0.2, 0) is 14.3 Å². The maximum atomic E-state index is 11.3. The van der Waals surface area contributed by atoms with Crippen molar-refractivity contribution in [1.29, 1.82) is 0 Å². The molecule has 0 saturated carbocycles. The summed E-state index contributed by atoms with van der Waals surface area (Å²) < 4.78 is 4.47. The molecule has 1 aliphatic rings. The highest BCUT2D eigenvalue weighted by molar-refractivity contribution is 6.04. The lowest BCUT2D eigenvalue weighted by molar-refractivity contribution is -0.162. The molecule has 2 N–H and O–H groups in total. The van der Waals surface area contributed by atoms with Gasteiger partial charge in [-0.05, 0) is 25.8 Å². The number of carbonyl (C=O) groups is 2. The first-order valence-corrected chi connectivity index (χ1v) is 4.20. The van der Waals surface area contributed by atoms with Crippen LogP contribution in [0.1, 0.15) is 19.3 Å². The van der Waals surface area contributed by atoms with Gasteiger partial charge in [-0.3, -0.25) is 5.32 Å². The average Bonchev–Trinajstić information content (AvgIpc) is 2.17. The fraction of sp³-hybridized carbons (Fsp3) is 0.750. The maximum absolute atomic E-state index is 11.3. The molecular weight excluding hydrogens is 174 g/mol. The fourth-order valence-corrected chi connectivity index (χ4v) is 1.52. The van der Waals surface area contributed by atoms with Crippen LogP contribution in [0.2, 0.25) is 0 Å². The first-order chi connectivity index (χ1) is 6.13. The van der Waals surface area contributed by atoms with Crippen LogP contribution < -0.4 is 5.32 Å². The van der Waals surface area contributed by atoms with Crippen molar-refractivity contribution in [2.45, 2.75) is 24.8 Å². The summed E-state index contributed by atoms with van der Waals surface area (Å²) in [5, 5.41) is 11.6. The van der Waals surface area contributed by atoms with Gasteiger partial charge in [-0.25, -0.2) is 9.59 Å². The monoisotopic (exact) mass is 187 g/mol. The van der Waals surface area contributed by atoms with E-state index in [0.717, 1.165) is 12.8 Å². The van der Waals surface area contributed by atoms with E-state index < -0.39 is 17.5 Å². The highest BCUT2D eigenvalue weighted by atomic mass is 16.5. The van der Waals surface area contributed by atoms with Gasteiger partial charge in [-0.15, -0.1) is 0 Å². The number of aliphatic carboxylic acids is 1. The van der Waals surface area contributed by atoms with Crippen LogP contribution >= 0.6 is 0 Å². The second kappa shape index (κ2) is 3.74. The predicted molar refractivity (Wildman–Crippen MR) is 44.2 cm³/mol. The molecule has 0 aromatic heterocycles. The molecule has 1 atom stereocenters. The molecule has 0 aromatic rings. The minimum Gasteiger partial charge on any atom is -0.479 e. The molecule has 1 heterocycles. The van der Waals surface area contributed by atoms with E-state index >= 15 is 0 Å². The summed E-state index contributed by atoms with van der Waals surface area (Å²) in [6.07, 6.45) is 1.93. The van der Waals surface area contributed by atoms with Crippen LogP contribution in [0.4, 0.5) is 0 Å². The molecule has 1 unspecified atom stereocenters. The molecule has 1 saturated heterocycles. The Morgan fingerprint density at radius 3 is 2.54 bits per heavy atom. The highest BCUT2D eigenvalue weighted by Gasteiger charge is 2.47. The van der Waals surface area contributed by atoms with E-state index in [9.17, 15) is 9.59 Å². The van der Waals surface area contributed by atoms with Gasteiger partial charge >= 0.3 is 11.9 Å². The average molecular weight is 187 g/mol. The van der Waals surface area contributed by atoms with E-state index in [1.54, 1.807) is 0 Å². The first kappa shape index (κ1) is 9.98. The summed E-state index contributed by atoms with van der Waals surface area (Å²) >= 11 is 0. The third-order valence-electron chi connectivity index (χ3n) is 2.30. The van der Waals surface area contributed by atoms with Gasteiger partial charge in [-0.2, -0.15) is 0 Å². The number of rotatable bonds is 2. The largest absolute Gasteiger partial charge is 0.479 e. The van der Waals surface area contributed by atoms with Gasteiger partial charge in [0.1, 0.15) is 0 Å². The number of carboxylic acid groups (broad SMARTS) is 1. The Balaban J connectivity index is 2.85. The van der Waals surface area contributed by atoms with Crippen molar-refractivity contribution in [1.82, 2.24) is 5.32 Å². The van der Waals surface area contributed by atoms with Crippen molar-refractivity contribution in [3.63, 3.8) is 0 Å². The van der Waals surface area contributed by atoms with Crippen LogP contribution in [0.15, 0.2) is 0 Å². The van der Waals surface area contributed by atoms with Crippen molar-refractivity contribution >= 4 is 11.9 Å². The van der Waals surface area contributed by atoms with Crippen molar-refractivity contribution in [3.05, 3.63) is 0 Å². The zero-order valence-electron chi connectivity index (χ0n) is 7.50. The third kappa shape index (κ3) is 1.65. The smallest absolute Gasteiger partial charge is 0.337 e. The number of esters is 1. The summed E-state index contributed by atoms with van der Waals surface area (Å²) in [6, 6.07) is 0. The van der Waals surface area contributed by atoms with E-state index in [4.69, 9.17) is 5.11 Å². The van der Waals surface area contributed by atoms with Crippen LogP contribution in [0.5, 0.6) is 0 Å². The minimum atomic E-state index is -1.51. The second-order valence-electron chi connectivity index (χ2n) is 3.09. The topological polar surface area (TPSA) is 75.6 Å². The molecule has 13 heavy (non-hydrogen) atoms. The van der Waals surface area contributed by atoms with E-state index in [-0.39, 0.29) is 0 Å².